The summed E-state index contributed by atoms with van der Waals surface area (Å²) in [5.41, 5.74) is 11.6. The Hall–Kier alpha value is -3.40. The number of fused-ring (bicyclic) bond motifs is 1. The van der Waals surface area contributed by atoms with Crippen LogP contribution in [0.2, 0.25) is 0 Å². The zero-order valence-electron chi connectivity index (χ0n) is 12.8. The van der Waals surface area contributed by atoms with Gasteiger partial charge in [0.2, 0.25) is 5.96 Å². The summed E-state index contributed by atoms with van der Waals surface area (Å²) in [6.07, 6.45) is 0. The average molecular weight is 358 g/mol. The van der Waals surface area contributed by atoms with Crippen molar-refractivity contribution < 1.29 is 13.2 Å². The Balaban J connectivity index is 1.82. The van der Waals surface area contributed by atoms with Crippen molar-refractivity contribution in [2.45, 2.75) is 4.90 Å². The molecule has 0 aliphatic heterocycles. The number of sulfonamides is 1. The largest absolute Gasteiger partial charge is 0.369 e. The number of carbonyl (C=O) groups excluding carboxylic acids is 1. The first-order valence-corrected chi connectivity index (χ1v) is 8.51. The Morgan fingerprint density at radius 3 is 2.44 bits per heavy atom. The SMILES string of the molecule is NC(N)=NS(=O)(=O)c1ccc(NC(=O)c2n[nH]c3ccccc23)cc1. The number of H-pyrrole nitrogens is 1. The second kappa shape index (κ2) is 6.24. The third-order valence-electron chi connectivity index (χ3n) is 3.32. The van der Waals surface area contributed by atoms with E-state index in [1.165, 1.54) is 24.3 Å². The molecule has 3 aromatic rings. The number of anilines is 1. The fraction of sp³-hybridized carbons (Fsp3) is 0. The molecule has 25 heavy (non-hydrogen) atoms. The lowest BCUT2D eigenvalue weighted by Crippen LogP contribution is -2.24. The first kappa shape index (κ1) is 16.5. The van der Waals surface area contributed by atoms with Crippen LogP contribution in [-0.4, -0.2) is 30.5 Å². The van der Waals surface area contributed by atoms with Crippen molar-refractivity contribution in [2.24, 2.45) is 15.9 Å². The molecule has 0 fully saturated rings. The van der Waals surface area contributed by atoms with Gasteiger partial charge in [-0.25, -0.2) is 0 Å². The second-order valence-corrected chi connectivity index (χ2v) is 6.69. The number of para-hydroxylation sites is 1. The standard InChI is InChI=1S/C15H14N6O3S/c16-15(17)21-25(23,24)10-7-5-9(6-8-10)18-14(22)13-11-3-1-2-4-12(11)19-20-13/h1-8H,(H,18,22)(H,19,20)(H4,16,17,21). The van der Waals surface area contributed by atoms with E-state index in [1.807, 2.05) is 12.1 Å². The van der Waals surface area contributed by atoms with E-state index in [0.717, 1.165) is 5.52 Å². The van der Waals surface area contributed by atoms with Gasteiger partial charge in [-0.05, 0) is 30.3 Å². The maximum Gasteiger partial charge on any atom is 0.285 e. The van der Waals surface area contributed by atoms with E-state index in [2.05, 4.69) is 19.9 Å². The summed E-state index contributed by atoms with van der Waals surface area (Å²) < 4.78 is 26.9. The van der Waals surface area contributed by atoms with Gasteiger partial charge < -0.3 is 16.8 Å². The second-order valence-electron chi connectivity index (χ2n) is 5.09. The van der Waals surface area contributed by atoms with Crippen LogP contribution >= 0.6 is 0 Å². The van der Waals surface area contributed by atoms with E-state index in [9.17, 15) is 13.2 Å². The minimum absolute atomic E-state index is 0.0934. The quantitative estimate of drug-likeness (QED) is 0.399. The van der Waals surface area contributed by atoms with Crippen LogP contribution in [0.15, 0.2) is 57.8 Å². The van der Waals surface area contributed by atoms with Crippen LogP contribution in [0.4, 0.5) is 5.69 Å². The van der Waals surface area contributed by atoms with Gasteiger partial charge in [-0.2, -0.15) is 13.5 Å². The van der Waals surface area contributed by atoms with Crippen LogP contribution < -0.4 is 16.8 Å². The number of carbonyl (C=O) groups is 1. The summed E-state index contributed by atoms with van der Waals surface area (Å²) in [7, 11) is -3.97. The van der Waals surface area contributed by atoms with Crippen LogP contribution in [0.1, 0.15) is 10.5 Å². The molecule has 0 saturated carbocycles. The van der Waals surface area contributed by atoms with Crippen molar-refractivity contribution >= 4 is 38.5 Å². The molecule has 1 heterocycles. The van der Waals surface area contributed by atoms with Crippen LogP contribution in [0.5, 0.6) is 0 Å². The number of amides is 1. The number of aromatic nitrogens is 2. The van der Waals surface area contributed by atoms with E-state index in [1.54, 1.807) is 12.1 Å². The molecule has 10 heteroatoms. The highest BCUT2D eigenvalue weighted by atomic mass is 32.2. The number of hydrogen-bond acceptors (Lipinski definition) is 4. The molecule has 0 aliphatic rings. The maximum atomic E-state index is 12.3. The Kier molecular flexibility index (Phi) is 4.11. The van der Waals surface area contributed by atoms with E-state index < -0.39 is 21.9 Å². The van der Waals surface area contributed by atoms with Crippen LogP contribution in [-0.2, 0) is 10.0 Å². The lowest BCUT2D eigenvalue weighted by molar-refractivity contribution is 0.102. The number of nitrogens with zero attached hydrogens (tertiary/aromatic N) is 2. The van der Waals surface area contributed by atoms with Gasteiger partial charge in [0.15, 0.2) is 5.69 Å². The zero-order valence-corrected chi connectivity index (χ0v) is 13.6. The van der Waals surface area contributed by atoms with Gasteiger partial charge in [0, 0.05) is 11.1 Å². The molecule has 0 spiro atoms. The average Bonchev–Trinajstić information content (AvgIpc) is 2.98. The summed E-state index contributed by atoms with van der Waals surface area (Å²) in [5.74, 6) is -0.972. The zero-order chi connectivity index (χ0) is 18.0. The van der Waals surface area contributed by atoms with Gasteiger partial charge in [0.05, 0.1) is 10.4 Å². The third-order valence-corrected chi connectivity index (χ3v) is 4.64. The highest BCUT2D eigenvalue weighted by Crippen LogP contribution is 2.19. The number of nitrogens with two attached hydrogens (primary N) is 2. The maximum absolute atomic E-state index is 12.3. The molecule has 0 radical (unpaired) electrons. The molecule has 0 aliphatic carbocycles. The molecule has 128 valence electrons. The number of guanidine groups is 1. The molecule has 0 atom stereocenters. The van der Waals surface area contributed by atoms with Crippen molar-refractivity contribution in [3.8, 4) is 0 Å². The number of nitrogens with one attached hydrogen (secondary N) is 2. The lowest BCUT2D eigenvalue weighted by atomic mass is 10.2. The van der Waals surface area contributed by atoms with Gasteiger partial charge in [-0.1, -0.05) is 18.2 Å². The molecule has 6 N–H and O–H groups in total. The van der Waals surface area contributed by atoms with E-state index in [-0.39, 0.29) is 10.6 Å². The molecule has 3 rings (SSSR count). The molecular formula is C15H14N6O3S. The Bertz CT molecular complexity index is 1070. The van der Waals surface area contributed by atoms with Gasteiger partial charge >= 0.3 is 0 Å². The molecule has 2 aromatic carbocycles. The van der Waals surface area contributed by atoms with Gasteiger partial charge in [-0.3, -0.25) is 9.89 Å². The van der Waals surface area contributed by atoms with Crippen molar-refractivity contribution in [3.05, 3.63) is 54.2 Å². The van der Waals surface area contributed by atoms with E-state index >= 15 is 0 Å². The minimum Gasteiger partial charge on any atom is -0.369 e. The molecule has 1 amide bonds. The Labute approximate surface area is 142 Å². The normalized spacial score (nSPS) is 11.2. The first-order valence-electron chi connectivity index (χ1n) is 7.07. The molecule has 0 saturated heterocycles. The number of benzene rings is 2. The topological polar surface area (TPSA) is 156 Å². The highest BCUT2D eigenvalue weighted by molar-refractivity contribution is 7.90. The summed E-state index contributed by atoms with van der Waals surface area (Å²) in [5, 5.41) is 10.1. The molecular weight excluding hydrogens is 344 g/mol. The van der Waals surface area contributed by atoms with E-state index in [0.29, 0.717) is 11.1 Å². The molecule has 0 bridgehead atoms. The number of aromatic amines is 1. The van der Waals surface area contributed by atoms with Gasteiger partial charge in [-0.15, -0.1) is 4.40 Å². The summed E-state index contributed by atoms with van der Waals surface area (Å²) in [6, 6.07) is 12.7. The predicted octanol–water partition coefficient (Wildman–Crippen LogP) is 0.777. The fourth-order valence-corrected chi connectivity index (χ4v) is 3.09. The first-order chi connectivity index (χ1) is 11.9. The fourth-order valence-electron chi connectivity index (χ4n) is 2.23. The monoisotopic (exact) mass is 358 g/mol. The highest BCUT2D eigenvalue weighted by Gasteiger charge is 2.16. The minimum atomic E-state index is -3.97. The Morgan fingerprint density at radius 2 is 1.76 bits per heavy atom. The summed E-state index contributed by atoms with van der Waals surface area (Å²) >= 11 is 0. The van der Waals surface area contributed by atoms with E-state index in [4.69, 9.17) is 11.5 Å². The van der Waals surface area contributed by atoms with Gasteiger partial charge in [0.25, 0.3) is 15.9 Å². The van der Waals surface area contributed by atoms with Crippen molar-refractivity contribution in [1.82, 2.24) is 10.2 Å². The van der Waals surface area contributed by atoms with Crippen LogP contribution in [0.3, 0.4) is 0 Å². The number of rotatable bonds is 4. The molecule has 9 nitrogen and oxygen atoms in total. The predicted molar refractivity (Wildman–Crippen MR) is 93.5 cm³/mol. The van der Waals surface area contributed by atoms with Crippen molar-refractivity contribution in [3.63, 3.8) is 0 Å². The lowest BCUT2D eigenvalue weighted by Gasteiger charge is -2.05. The summed E-state index contributed by atoms with van der Waals surface area (Å²) in [6.45, 7) is 0. The third kappa shape index (κ3) is 3.43. The van der Waals surface area contributed by atoms with Crippen molar-refractivity contribution in [2.75, 3.05) is 5.32 Å². The van der Waals surface area contributed by atoms with Gasteiger partial charge in [0.1, 0.15) is 0 Å². The Morgan fingerprint density at radius 1 is 1.08 bits per heavy atom. The smallest absolute Gasteiger partial charge is 0.285 e. The van der Waals surface area contributed by atoms with Crippen LogP contribution in [0, 0.1) is 0 Å². The van der Waals surface area contributed by atoms with Crippen molar-refractivity contribution in [1.29, 1.82) is 0 Å². The summed E-state index contributed by atoms with van der Waals surface area (Å²) in [4.78, 5) is 12.3. The molecule has 0 unspecified atom stereocenters. The molecule has 1 aromatic heterocycles. The van der Waals surface area contributed by atoms with Crippen LogP contribution in [0.25, 0.3) is 10.9 Å². The number of hydrogen-bond donors (Lipinski definition) is 4.